The molecule has 0 fully saturated rings. The first-order chi connectivity index (χ1) is 9.05. The fourth-order valence-electron chi connectivity index (χ4n) is 1.86. The highest BCUT2D eigenvalue weighted by atomic mass is 35.5. The second-order valence-electron chi connectivity index (χ2n) is 5.00. The number of hydrogen-bond donors (Lipinski definition) is 0. The standard InChI is InChI=1S/C14H15ClN4/c1-14(2,8-16)13-4-11(6-15)3-12(5-13)7-19-10-17-9-18-19/h3-5,9-10H,6-7H2,1-2H3. The largest absolute Gasteiger partial charge is 0.249 e. The van der Waals surface area contributed by atoms with Gasteiger partial charge >= 0.3 is 0 Å². The van der Waals surface area contributed by atoms with Crippen LogP contribution in [0.2, 0.25) is 0 Å². The van der Waals surface area contributed by atoms with Crippen molar-refractivity contribution in [2.45, 2.75) is 31.7 Å². The van der Waals surface area contributed by atoms with E-state index in [0.717, 1.165) is 16.7 Å². The number of nitriles is 1. The Morgan fingerprint density at radius 2 is 2.05 bits per heavy atom. The molecule has 2 rings (SSSR count). The quantitative estimate of drug-likeness (QED) is 0.806. The van der Waals surface area contributed by atoms with Gasteiger partial charge in [0.15, 0.2) is 0 Å². The minimum Gasteiger partial charge on any atom is -0.249 e. The Kier molecular flexibility index (Phi) is 3.87. The average Bonchev–Trinajstić information content (AvgIpc) is 2.91. The lowest BCUT2D eigenvalue weighted by atomic mass is 9.84. The highest BCUT2D eigenvalue weighted by molar-refractivity contribution is 6.17. The third-order valence-corrected chi connectivity index (χ3v) is 3.33. The topological polar surface area (TPSA) is 54.5 Å². The molecule has 19 heavy (non-hydrogen) atoms. The van der Waals surface area contributed by atoms with Crippen molar-refractivity contribution in [3.8, 4) is 6.07 Å². The van der Waals surface area contributed by atoms with E-state index in [0.29, 0.717) is 12.4 Å². The Morgan fingerprint density at radius 3 is 2.63 bits per heavy atom. The van der Waals surface area contributed by atoms with E-state index >= 15 is 0 Å². The molecule has 1 aromatic carbocycles. The summed E-state index contributed by atoms with van der Waals surface area (Å²) in [4.78, 5) is 3.92. The molecule has 0 atom stereocenters. The zero-order chi connectivity index (χ0) is 13.9. The second kappa shape index (κ2) is 5.41. The summed E-state index contributed by atoms with van der Waals surface area (Å²) >= 11 is 5.93. The van der Waals surface area contributed by atoms with Gasteiger partial charge < -0.3 is 0 Å². The normalized spacial score (nSPS) is 11.3. The summed E-state index contributed by atoms with van der Waals surface area (Å²) < 4.78 is 1.75. The Balaban J connectivity index is 2.39. The second-order valence-corrected chi connectivity index (χ2v) is 5.27. The van der Waals surface area contributed by atoms with E-state index in [2.05, 4.69) is 16.2 Å². The molecule has 0 amide bonds. The summed E-state index contributed by atoms with van der Waals surface area (Å²) in [5.74, 6) is 0.430. The zero-order valence-corrected chi connectivity index (χ0v) is 11.7. The zero-order valence-electron chi connectivity index (χ0n) is 11.0. The summed E-state index contributed by atoms with van der Waals surface area (Å²) in [6.45, 7) is 4.43. The monoisotopic (exact) mass is 274 g/mol. The van der Waals surface area contributed by atoms with E-state index in [-0.39, 0.29) is 0 Å². The predicted molar refractivity (Wildman–Crippen MR) is 73.8 cm³/mol. The summed E-state index contributed by atoms with van der Waals surface area (Å²) in [5.41, 5.74) is 2.53. The van der Waals surface area contributed by atoms with Gasteiger partial charge in [-0.3, -0.25) is 0 Å². The molecule has 0 bridgehead atoms. The lowest BCUT2D eigenvalue weighted by molar-refractivity contribution is 0.666. The molecule has 0 unspecified atom stereocenters. The molecular formula is C14H15ClN4. The van der Waals surface area contributed by atoms with Crippen LogP contribution in [0.1, 0.15) is 30.5 Å². The summed E-state index contributed by atoms with van der Waals surface area (Å²) in [7, 11) is 0. The third kappa shape index (κ3) is 3.12. The van der Waals surface area contributed by atoms with Crippen molar-refractivity contribution in [3.63, 3.8) is 0 Å². The maximum Gasteiger partial charge on any atom is 0.137 e. The fourth-order valence-corrected chi connectivity index (χ4v) is 2.01. The molecule has 0 saturated heterocycles. The Bertz CT molecular complexity index is 596. The van der Waals surface area contributed by atoms with Crippen molar-refractivity contribution in [1.29, 1.82) is 5.26 Å². The molecule has 0 N–H and O–H groups in total. The lowest BCUT2D eigenvalue weighted by Gasteiger charge is -2.18. The van der Waals surface area contributed by atoms with E-state index in [1.54, 1.807) is 11.0 Å². The predicted octanol–water partition coefficient (Wildman–Crippen LogP) is 2.87. The van der Waals surface area contributed by atoms with Crippen molar-refractivity contribution < 1.29 is 0 Å². The van der Waals surface area contributed by atoms with Crippen LogP contribution in [-0.2, 0) is 17.8 Å². The van der Waals surface area contributed by atoms with Crippen LogP contribution < -0.4 is 0 Å². The van der Waals surface area contributed by atoms with Crippen LogP contribution in [0.15, 0.2) is 30.9 Å². The first-order valence-electron chi connectivity index (χ1n) is 5.98. The van der Waals surface area contributed by atoms with Crippen molar-refractivity contribution in [1.82, 2.24) is 14.8 Å². The van der Waals surface area contributed by atoms with E-state index in [1.165, 1.54) is 6.33 Å². The molecule has 0 aliphatic rings. The summed E-state index contributed by atoms with van der Waals surface area (Å²) in [5, 5.41) is 13.3. The molecule has 0 aliphatic heterocycles. The van der Waals surface area contributed by atoms with Gasteiger partial charge in [-0.2, -0.15) is 10.4 Å². The highest BCUT2D eigenvalue weighted by Crippen LogP contribution is 2.25. The minimum atomic E-state index is -0.529. The van der Waals surface area contributed by atoms with Crippen LogP contribution in [0.25, 0.3) is 0 Å². The fraction of sp³-hybridized carbons (Fsp3) is 0.357. The molecule has 2 aromatic rings. The van der Waals surface area contributed by atoms with Crippen molar-refractivity contribution in [3.05, 3.63) is 47.5 Å². The van der Waals surface area contributed by atoms with Crippen LogP contribution in [0.5, 0.6) is 0 Å². The summed E-state index contributed by atoms with van der Waals surface area (Å²) in [6, 6.07) is 8.37. The Morgan fingerprint density at radius 1 is 1.32 bits per heavy atom. The van der Waals surface area contributed by atoms with E-state index in [1.807, 2.05) is 32.0 Å². The van der Waals surface area contributed by atoms with Gasteiger partial charge in [0.25, 0.3) is 0 Å². The van der Waals surface area contributed by atoms with E-state index in [4.69, 9.17) is 11.6 Å². The first-order valence-corrected chi connectivity index (χ1v) is 6.51. The highest BCUT2D eigenvalue weighted by Gasteiger charge is 2.20. The number of rotatable bonds is 4. The SMILES string of the molecule is CC(C)(C#N)c1cc(CCl)cc(Cn2cncn2)c1. The number of halogens is 1. The van der Waals surface area contributed by atoms with E-state index in [9.17, 15) is 5.26 Å². The summed E-state index contributed by atoms with van der Waals surface area (Å²) in [6.07, 6.45) is 3.17. The molecule has 98 valence electrons. The molecule has 4 nitrogen and oxygen atoms in total. The Hall–Kier alpha value is -1.86. The number of hydrogen-bond acceptors (Lipinski definition) is 3. The van der Waals surface area contributed by atoms with Gasteiger partial charge in [-0.15, -0.1) is 11.6 Å². The molecule has 5 heteroatoms. The Labute approximate surface area is 117 Å². The molecule has 1 aromatic heterocycles. The smallest absolute Gasteiger partial charge is 0.137 e. The molecule has 0 aliphatic carbocycles. The van der Waals surface area contributed by atoms with Crippen LogP contribution in [-0.4, -0.2) is 14.8 Å². The van der Waals surface area contributed by atoms with Gasteiger partial charge in [-0.1, -0.05) is 18.2 Å². The maximum absolute atomic E-state index is 9.25. The van der Waals surface area contributed by atoms with Crippen LogP contribution in [0, 0.1) is 11.3 Å². The third-order valence-electron chi connectivity index (χ3n) is 3.02. The number of benzene rings is 1. The van der Waals surface area contributed by atoms with Gasteiger partial charge in [0.1, 0.15) is 12.7 Å². The number of aromatic nitrogens is 3. The van der Waals surface area contributed by atoms with E-state index < -0.39 is 5.41 Å². The molecule has 0 saturated carbocycles. The van der Waals surface area contributed by atoms with Crippen LogP contribution in [0.3, 0.4) is 0 Å². The average molecular weight is 275 g/mol. The number of alkyl halides is 1. The lowest BCUT2D eigenvalue weighted by Crippen LogP contribution is -2.15. The first kappa shape index (κ1) is 13.6. The van der Waals surface area contributed by atoms with Crippen molar-refractivity contribution >= 4 is 11.6 Å². The number of nitrogens with zero attached hydrogens (tertiary/aromatic N) is 4. The van der Waals surface area contributed by atoms with Gasteiger partial charge in [0, 0.05) is 5.88 Å². The van der Waals surface area contributed by atoms with Crippen LogP contribution >= 0.6 is 11.6 Å². The minimum absolute atomic E-state index is 0.430. The van der Waals surface area contributed by atoms with Gasteiger partial charge in [-0.25, -0.2) is 9.67 Å². The molecule has 0 radical (unpaired) electrons. The maximum atomic E-state index is 9.25. The van der Waals surface area contributed by atoms with Crippen molar-refractivity contribution in [2.75, 3.05) is 0 Å². The van der Waals surface area contributed by atoms with Crippen molar-refractivity contribution in [2.24, 2.45) is 0 Å². The van der Waals surface area contributed by atoms with Gasteiger partial charge in [0.2, 0.25) is 0 Å². The molecular weight excluding hydrogens is 260 g/mol. The molecule has 1 heterocycles. The van der Waals surface area contributed by atoms with Crippen LogP contribution in [0.4, 0.5) is 0 Å². The van der Waals surface area contributed by atoms with Gasteiger partial charge in [-0.05, 0) is 30.5 Å². The molecule has 0 spiro atoms. The van der Waals surface area contributed by atoms with Gasteiger partial charge in [0.05, 0.1) is 18.0 Å².